The van der Waals surface area contributed by atoms with Crippen LogP contribution in [0.15, 0.2) is 0 Å². The van der Waals surface area contributed by atoms with Gasteiger partial charge in [0.1, 0.15) is 171 Å². The van der Waals surface area contributed by atoms with Crippen LogP contribution in [-0.4, -0.2) is 387 Å². The highest BCUT2D eigenvalue weighted by Gasteiger charge is 2.58. The minimum Gasteiger partial charge on any atom is -0.394 e. The molecule has 34 atom stereocenters. The molecule has 0 unspecified atom stereocenters. The van der Waals surface area contributed by atoms with E-state index in [-0.39, 0.29) is 0 Å². The summed E-state index contributed by atoms with van der Waals surface area (Å²) in [6.45, 7) is -4.16. The molecule has 40 heteroatoms. The predicted octanol–water partition coefficient (Wildman–Crippen LogP) is -16.1. The molecule has 0 aromatic rings. The molecule has 90 heavy (non-hydrogen) atoms. The normalized spacial score (nSPS) is 43.9. The summed E-state index contributed by atoms with van der Waals surface area (Å²) in [7, 11) is 0. The standard InChI is InChI=1S/C50H86N4O36/c1-13(62)51-25-32(71)30(69)19(6-56)80-46(25)87-43-23(10-60)84-49(38(77)36(43)75)89-41-21(8-58)82-45(27(34(41)73)53-15(3)64)79-12-18(67)29(68)40(17(66)5-55)86-48-28(54-16(4)65)35(74)42(22(9-59)83-48)90-50-39(78)37(76)44(24(11-61)85-50)88-47-26(52-14(2)63)33(72)31(70)20(7-57)81-47/h17-50,55-61,66-78H,5-12H2,1-4H3,(H,51,62)(H,52,63)(H,53,64)(H,54,65)/t17-,18+,19+,20+,21+,22+,23+,24+,25+,26+,27+,28+,29-,30+,31+,32+,33+,34+,35+,36+,37+,38+,39+,40+,41+,42+,43-,44-,45+,46+,47+,48-,49-,50-/m0/s1. The van der Waals surface area contributed by atoms with Gasteiger partial charge in [-0.15, -0.1) is 0 Å². The number of hydrogen-bond donors (Lipinski definition) is 24. The van der Waals surface area contributed by atoms with Gasteiger partial charge in [-0.2, -0.15) is 0 Å². The lowest BCUT2D eigenvalue weighted by atomic mass is 9.94. The van der Waals surface area contributed by atoms with Gasteiger partial charge in [-0.25, -0.2) is 0 Å². The summed E-state index contributed by atoms with van der Waals surface area (Å²) >= 11 is 0. The van der Waals surface area contributed by atoms with Crippen molar-refractivity contribution in [3.05, 3.63) is 0 Å². The molecule has 40 nitrogen and oxygen atoms in total. The van der Waals surface area contributed by atoms with Crippen molar-refractivity contribution in [3.63, 3.8) is 0 Å². The van der Waals surface area contributed by atoms with Crippen molar-refractivity contribution < 1.29 is 178 Å². The fraction of sp³-hybridized carbons (Fsp3) is 0.920. The number of nitrogens with one attached hydrogen (secondary N) is 4. The van der Waals surface area contributed by atoms with E-state index in [4.69, 9.17) is 56.8 Å². The quantitative estimate of drug-likeness (QED) is 0.0363. The van der Waals surface area contributed by atoms with Crippen molar-refractivity contribution in [1.29, 1.82) is 0 Å². The van der Waals surface area contributed by atoms with E-state index in [2.05, 4.69) is 21.3 Å². The van der Waals surface area contributed by atoms with E-state index in [9.17, 15) is 121 Å². The Balaban J connectivity index is 1.13. The van der Waals surface area contributed by atoms with Crippen molar-refractivity contribution in [2.45, 2.75) is 236 Å². The Labute approximate surface area is 511 Å². The van der Waals surface area contributed by atoms with Crippen LogP contribution in [0.3, 0.4) is 0 Å². The smallest absolute Gasteiger partial charge is 0.217 e. The first-order chi connectivity index (χ1) is 42.5. The Hall–Kier alpha value is -3.40. The van der Waals surface area contributed by atoms with Gasteiger partial charge in [0.25, 0.3) is 0 Å². The van der Waals surface area contributed by atoms with Gasteiger partial charge in [-0.05, 0) is 0 Å². The summed E-state index contributed by atoms with van der Waals surface area (Å²) in [6.07, 6.45) is -57.7. The Morgan fingerprint density at radius 2 is 0.644 bits per heavy atom. The Morgan fingerprint density at radius 1 is 0.356 bits per heavy atom. The summed E-state index contributed by atoms with van der Waals surface area (Å²) in [5.74, 6) is -3.24. The van der Waals surface area contributed by atoms with Crippen molar-refractivity contribution in [1.82, 2.24) is 21.3 Å². The molecule has 6 rings (SSSR count). The van der Waals surface area contributed by atoms with Crippen molar-refractivity contribution in [2.24, 2.45) is 0 Å². The average Bonchev–Trinajstić information content (AvgIpc) is 0.801. The predicted molar refractivity (Wildman–Crippen MR) is 280 cm³/mol. The van der Waals surface area contributed by atoms with E-state index < -0.39 is 285 Å². The van der Waals surface area contributed by atoms with Crippen molar-refractivity contribution >= 4 is 23.6 Å². The average molecular weight is 1320 g/mol. The minimum atomic E-state index is -2.39. The van der Waals surface area contributed by atoms with E-state index in [1.54, 1.807) is 0 Å². The lowest BCUT2D eigenvalue weighted by Gasteiger charge is -2.49. The van der Waals surface area contributed by atoms with Crippen LogP contribution in [0.1, 0.15) is 27.7 Å². The Bertz CT molecular complexity index is 2260. The highest BCUT2D eigenvalue weighted by atomic mass is 16.8. The molecule has 24 N–H and O–H groups in total. The third-order valence-corrected chi connectivity index (χ3v) is 15.8. The summed E-state index contributed by atoms with van der Waals surface area (Å²) < 4.78 is 68.9. The number of aliphatic hydroxyl groups is 20. The molecule has 6 heterocycles. The lowest BCUT2D eigenvalue weighted by Crippen LogP contribution is -2.69. The molecule has 0 aliphatic carbocycles. The zero-order valence-corrected chi connectivity index (χ0v) is 48.8. The highest BCUT2D eigenvalue weighted by Crippen LogP contribution is 2.36. The Morgan fingerprint density at radius 3 is 0.978 bits per heavy atom. The van der Waals surface area contributed by atoms with Gasteiger partial charge in [-0.1, -0.05) is 0 Å². The SMILES string of the molecule is CC(=O)N[C@H]1[C@H](OC[C@@H](O)[C@H](O)[C@H](O[C@@H]2O[C@H](CO)[C@@H](O[C@@H]3O[C@H](CO)[C@H](O[C@H]4O[C@H](CO)[C@@H](O)[C@H](O)[C@H]4NC(C)=O)[C@H](O)[C@H]3O)[C@H](O)[C@H]2NC(C)=O)[C@@H](O)CO)O[C@H](CO)[C@@H](O[C@@H]2O[C@H](CO)[C@H](O[C@H]3O[C@H](CO)[C@@H](O)[C@H](O)[C@H]3NC(C)=O)[C@H](O)[C@H]2O)[C@@H]1O. The van der Waals surface area contributed by atoms with Gasteiger partial charge in [0.2, 0.25) is 23.6 Å². The van der Waals surface area contributed by atoms with E-state index in [1.807, 2.05) is 0 Å². The largest absolute Gasteiger partial charge is 0.394 e. The van der Waals surface area contributed by atoms with E-state index in [0.717, 1.165) is 27.7 Å². The van der Waals surface area contributed by atoms with Crippen LogP contribution >= 0.6 is 0 Å². The number of aliphatic hydroxyl groups excluding tert-OH is 20. The fourth-order valence-corrected chi connectivity index (χ4v) is 11.1. The first kappa shape index (κ1) is 75.6. The Kier molecular flexibility index (Phi) is 28.4. The van der Waals surface area contributed by atoms with Crippen LogP contribution in [0.2, 0.25) is 0 Å². The second-order valence-corrected chi connectivity index (χ2v) is 22.3. The molecule has 522 valence electrons. The molecule has 4 amide bonds. The molecule has 6 saturated heterocycles. The van der Waals surface area contributed by atoms with Gasteiger partial charge in [0.05, 0.1) is 52.9 Å². The third kappa shape index (κ3) is 17.5. The summed E-state index contributed by atoms with van der Waals surface area (Å²) in [4.78, 5) is 49.2. The summed E-state index contributed by atoms with van der Waals surface area (Å²) in [6, 6.07) is -6.71. The van der Waals surface area contributed by atoms with Crippen LogP contribution in [0.4, 0.5) is 0 Å². The zero-order chi connectivity index (χ0) is 66.9. The maximum atomic E-state index is 12.6. The monoisotopic (exact) mass is 1320 g/mol. The summed E-state index contributed by atoms with van der Waals surface area (Å²) in [5.41, 5.74) is 0. The molecule has 6 aliphatic heterocycles. The van der Waals surface area contributed by atoms with Crippen molar-refractivity contribution in [3.8, 4) is 0 Å². The topological polar surface area (TPSA) is 632 Å². The number of ether oxygens (including phenoxy) is 12. The van der Waals surface area contributed by atoms with E-state index in [0.29, 0.717) is 0 Å². The number of rotatable bonds is 27. The summed E-state index contributed by atoms with van der Waals surface area (Å²) in [5, 5.41) is 226. The molecule has 0 spiro atoms. The molecule has 6 fully saturated rings. The lowest BCUT2D eigenvalue weighted by molar-refractivity contribution is -0.371. The van der Waals surface area contributed by atoms with Crippen LogP contribution < -0.4 is 21.3 Å². The minimum absolute atomic E-state index is 0.736. The zero-order valence-electron chi connectivity index (χ0n) is 48.8. The third-order valence-electron chi connectivity index (χ3n) is 15.8. The number of amides is 4. The molecule has 0 bridgehead atoms. The molecular formula is C50H86N4O36. The fourth-order valence-electron chi connectivity index (χ4n) is 11.1. The maximum Gasteiger partial charge on any atom is 0.217 e. The van der Waals surface area contributed by atoms with Crippen LogP contribution in [0.25, 0.3) is 0 Å². The first-order valence-electron chi connectivity index (χ1n) is 28.5. The van der Waals surface area contributed by atoms with Crippen LogP contribution in [-0.2, 0) is 76.0 Å². The number of carbonyl (C=O) groups excluding carboxylic acids is 4. The van der Waals surface area contributed by atoms with Gasteiger partial charge in [-0.3, -0.25) is 19.2 Å². The number of hydrogen-bond acceptors (Lipinski definition) is 36. The van der Waals surface area contributed by atoms with Gasteiger partial charge in [0.15, 0.2) is 37.7 Å². The second kappa shape index (κ2) is 33.8. The van der Waals surface area contributed by atoms with Gasteiger partial charge < -0.3 is 180 Å². The van der Waals surface area contributed by atoms with E-state index >= 15 is 0 Å². The maximum absolute atomic E-state index is 12.6. The molecule has 0 radical (unpaired) electrons. The molecule has 6 aliphatic rings. The van der Waals surface area contributed by atoms with Crippen LogP contribution in [0.5, 0.6) is 0 Å². The molecule has 0 saturated carbocycles. The highest BCUT2D eigenvalue weighted by molar-refractivity contribution is 5.74. The van der Waals surface area contributed by atoms with Gasteiger partial charge in [0, 0.05) is 27.7 Å². The molecule has 0 aromatic heterocycles. The first-order valence-corrected chi connectivity index (χ1v) is 28.5. The second-order valence-electron chi connectivity index (χ2n) is 22.3. The number of carbonyl (C=O) groups is 4. The van der Waals surface area contributed by atoms with Gasteiger partial charge >= 0.3 is 0 Å². The van der Waals surface area contributed by atoms with Crippen LogP contribution in [0, 0.1) is 0 Å². The van der Waals surface area contributed by atoms with E-state index in [1.165, 1.54) is 0 Å². The molecule has 0 aromatic carbocycles. The molecular weight excluding hydrogens is 1230 g/mol. The van der Waals surface area contributed by atoms with Crippen molar-refractivity contribution in [2.75, 3.05) is 52.9 Å².